The smallest absolute Gasteiger partial charge is 0.285 e. The SMILES string of the molecule is C#CCSc1nc2c(-c3ccc(Cl)cc3)c(C(F)F)nn2c(=O)[nH]1. The first-order valence-electron chi connectivity index (χ1n) is 6.64. The quantitative estimate of drug-likeness (QED) is 0.568. The highest BCUT2D eigenvalue weighted by Gasteiger charge is 2.24. The van der Waals surface area contributed by atoms with Gasteiger partial charge in [-0.1, -0.05) is 41.4 Å². The summed E-state index contributed by atoms with van der Waals surface area (Å²) < 4.78 is 27.6. The highest BCUT2D eigenvalue weighted by Crippen LogP contribution is 2.33. The number of hydrogen-bond acceptors (Lipinski definition) is 4. The summed E-state index contributed by atoms with van der Waals surface area (Å²) in [5, 5.41) is 4.41. The molecule has 0 fully saturated rings. The lowest BCUT2D eigenvalue weighted by Gasteiger charge is -2.03. The second-order valence-electron chi connectivity index (χ2n) is 4.64. The molecule has 24 heavy (non-hydrogen) atoms. The van der Waals surface area contributed by atoms with E-state index in [0.29, 0.717) is 10.6 Å². The Bertz CT molecular complexity index is 992. The molecule has 0 unspecified atom stereocenters. The average Bonchev–Trinajstić information content (AvgIpc) is 2.94. The van der Waals surface area contributed by atoms with Crippen molar-refractivity contribution in [3.8, 4) is 23.5 Å². The first-order chi connectivity index (χ1) is 11.5. The summed E-state index contributed by atoms with van der Waals surface area (Å²) in [6.45, 7) is 0. The number of H-pyrrole nitrogens is 1. The Morgan fingerprint density at radius 2 is 2.08 bits per heavy atom. The number of nitrogens with zero attached hydrogens (tertiary/aromatic N) is 3. The van der Waals surface area contributed by atoms with Gasteiger partial charge in [-0.25, -0.2) is 18.6 Å². The second kappa shape index (κ2) is 6.63. The zero-order valence-corrected chi connectivity index (χ0v) is 13.5. The van der Waals surface area contributed by atoms with Crippen LogP contribution in [-0.4, -0.2) is 25.3 Å². The fraction of sp³-hybridized carbons (Fsp3) is 0.133. The minimum absolute atomic E-state index is 0.0379. The number of aromatic amines is 1. The van der Waals surface area contributed by atoms with Crippen molar-refractivity contribution in [2.24, 2.45) is 0 Å². The molecule has 3 rings (SSSR count). The van der Waals surface area contributed by atoms with Crippen LogP contribution in [0.15, 0.2) is 34.2 Å². The molecule has 0 amide bonds. The van der Waals surface area contributed by atoms with Gasteiger partial charge in [0.15, 0.2) is 10.8 Å². The van der Waals surface area contributed by atoms with Gasteiger partial charge in [-0.3, -0.25) is 4.98 Å². The van der Waals surface area contributed by atoms with Crippen LogP contribution in [0.25, 0.3) is 16.8 Å². The first-order valence-corrected chi connectivity index (χ1v) is 8.01. The van der Waals surface area contributed by atoms with Crippen LogP contribution in [0, 0.1) is 12.3 Å². The predicted octanol–water partition coefficient (Wildman–Crippen LogP) is 3.40. The maximum Gasteiger partial charge on any atom is 0.350 e. The fourth-order valence-electron chi connectivity index (χ4n) is 2.16. The van der Waals surface area contributed by atoms with Gasteiger partial charge in [0.05, 0.1) is 11.3 Å². The number of thioether (sulfide) groups is 1. The molecule has 0 saturated heterocycles. The zero-order valence-electron chi connectivity index (χ0n) is 12.0. The van der Waals surface area contributed by atoms with Gasteiger partial charge in [-0.15, -0.1) is 6.42 Å². The minimum Gasteiger partial charge on any atom is -0.285 e. The van der Waals surface area contributed by atoms with Crippen LogP contribution in [0.4, 0.5) is 8.78 Å². The van der Waals surface area contributed by atoms with Crippen LogP contribution in [-0.2, 0) is 0 Å². The maximum atomic E-state index is 13.4. The second-order valence-corrected chi connectivity index (χ2v) is 6.04. The van der Waals surface area contributed by atoms with Crippen LogP contribution in [0.2, 0.25) is 5.02 Å². The number of halogens is 3. The Kier molecular flexibility index (Phi) is 4.55. The van der Waals surface area contributed by atoms with Gasteiger partial charge in [0.2, 0.25) is 0 Å². The number of aromatic nitrogens is 4. The Balaban J connectivity index is 2.29. The molecule has 2 heterocycles. The van der Waals surface area contributed by atoms with Crippen molar-refractivity contribution in [2.45, 2.75) is 11.6 Å². The van der Waals surface area contributed by atoms with E-state index < -0.39 is 17.8 Å². The zero-order chi connectivity index (χ0) is 17.3. The molecule has 0 aliphatic rings. The molecule has 5 nitrogen and oxygen atoms in total. The van der Waals surface area contributed by atoms with E-state index in [0.717, 1.165) is 16.3 Å². The normalized spacial score (nSPS) is 11.1. The first kappa shape index (κ1) is 16.5. The van der Waals surface area contributed by atoms with Crippen molar-refractivity contribution in [1.82, 2.24) is 19.6 Å². The van der Waals surface area contributed by atoms with E-state index >= 15 is 0 Å². The lowest BCUT2D eigenvalue weighted by atomic mass is 10.1. The molecule has 0 atom stereocenters. The summed E-state index contributed by atoms with van der Waals surface area (Å²) in [5.74, 6) is 2.69. The van der Waals surface area contributed by atoms with Crippen molar-refractivity contribution >= 4 is 29.0 Å². The van der Waals surface area contributed by atoms with E-state index in [1.54, 1.807) is 24.3 Å². The Morgan fingerprint density at radius 3 is 2.71 bits per heavy atom. The van der Waals surface area contributed by atoms with Gasteiger partial charge in [-0.05, 0) is 17.7 Å². The molecule has 3 aromatic rings. The summed E-state index contributed by atoms with van der Waals surface area (Å²) in [4.78, 5) is 18.8. The molecule has 9 heteroatoms. The maximum absolute atomic E-state index is 13.4. The highest BCUT2D eigenvalue weighted by molar-refractivity contribution is 7.99. The fourth-order valence-corrected chi connectivity index (χ4v) is 2.82. The summed E-state index contributed by atoms with van der Waals surface area (Å²) in [6.07, 6.45) is 2.32. The van der Waals surface area contributed by atoms with Crippen LogP contribution in [0.1, 0.15) is 12.1 Å². The van der Waals surface area contributed by atoms with Crippen LogP contribution >= 0.6 is 23.4 Å². The predicted molar refractivity (Wildman–Crippen MR) is 88.6 cm³/mol. The van der Waals surface area contributed by atoms with Crippen LogP contribution in [0.3, 0.4) is 0 Å². The van der Waals surface area contributed by atoms with Crippen LogP contribution < -0.4 is 5.69 Å². The lowest BCUT2D eigenvalue weighted by molar-refractivity contribution is 0.146. The topological polar surface area (TPSA) is 63.1 Å². The van der Waals surface area contributed by atoms with Gasteiger partial charge >= 0.3 is 5.69 Å². The van der Waals surface area contributed by atoms with Gasteiger partial charge in [0.1, 0.15) is 5.69 Å². The number of hydrogen-bond donors (Lipinski definition) is 1. The Labute approximate surface area is 144 Å². The minimum atomic E-state index is -2.86. The van der Waals surface area contributed by atoms with E-state index in [2.05, 4.69) is 21.0 Å². The van der Waals surface area contributed by atoms with E-state index in [1.165, 1.54) is 0 Å². The molecular weight excluding hydrogens is 358 g/mol. The lowest BCUT2D eigenvalue weighted by Crippen LogP contribution is -2.19. The van der Waals surface area contributed by atoms with Crippen LogP contribution in [0.5, 0.6) is 0 Å². The summed E-state index contributed by atoms with van der Waals surface area (Å²) in [5.41, 5.74) is -0.613. The molecule has 0 saturated carbocycles. The highest BCUT2D eigenvalue weighted by atomic mass is 35.5. The Morgan fingerprint density at radius 1 is 1.38 bits per heavy atom. The number of benzene rings is 1. The molecule has 1 N–H and O–H groups in total. The molecule has 0 spiro atoms. The van der Waals surface area contributed by atoms with Gasteiger partial charge in [0, 0.05) is 5.02 Å². The number of fused-ring (bicyclic) bond motifs is 1. The molecule has 0 bridgehead atoms. The summed E-state index contributed by atoms with van der Waals surface area (Å²) in [6, 6.07) is 6.28. The summed E-state index contributed by atoms with van der Waals surface area (Å²) in [7, 11) is 0. The number of rotatable bonds is 4. The summed E-state index contributed by atoms with van der Waals surface area (Å²) >= 11 is 6.96. The largest absolute Gasteiger partial charge is 0.350 e. The molecule has 0 radical (unpaired) electrons. The molecular formula is C15H9ClF2N4OS. The van der Waals surface area contributed by atoms with Crippen molar-refractivity contribution in [3.05, 3.63) is 45.5 Å². The number of nitrogens with one attached hydrogen (secondary N) is 1. The van der Waals surface area contributed by atoms with Crippen molar-refractivity contribution in [2.75, 3.05) is 5.75 Å². The van der Waals surface area contributed by atoms with Gasteiger partial charge in [-0.2, -0.15) is 9.61 Å². The van der Waals surface area contributed by atoms with Crippen molar-refractivity contribution in [1.29, 1.82) is 0 Å². The average molecular weight is 367 g/mol. The van der Waals surface area contributed by atoms with E-state index in [9.17, 15) is 13.6 Å². The monoisotopic (exact) mass is 366 g/mol. The molecule has 2 aromatic heterocycles. The van der Waals surface area contributed by atoms with E-state index in [4.69, 9.17) is 18.0 Å². The Hall–Kier alpha value is -2.37. The third kappa shape index (κ3) is 3.00. The molecule has 0 aliphatic carbocycles. The van der Waals surface area contributed by atoms with Crippen molar-refractivity contribution in [3.63, 3.8) is 0 Å². The van der Waals surface area contributed by atoms with Gasteiger partial charge in [0.25, 0.3) is 6.43 Å². The third-order valence-electron chi connectivity index (χ3n) is 3.13. The number of terminal acetylenes is 1. The van der Waals surface area contributed by atoms with E-state index in [1.807, 2.05) is 0 Å². The van der Waals surface area contributed by atoms with Crippen molar-refractivity contribution < 1.29 is 8.78 Å². The number of alkyl halides is 2. The van der Waals surface area contributed by atoms with Gasteiger partial charge < -0.3 is 0 Å². The van der Waals surface area contributed by atoms with E-state index in [-0.39, 0.29) is 22.1 Å². The molecule has 1 aromatic carbocycles. The molecule has 122 valence electrons. The standard InChI is InChI=1S/C15H9ClF2N4OS/c1-2-7-24-14-19-13-10(8-3-5-9(16)6-4-8)11(12(17)18)21-22(13)15(23)20-14/h1,3-6,12H,7H2,(H,19,20,23). The molecule has 0 aliphatic heterocycles. The third-order valence-corrected chi connectivity index (χ3v) is 4.16.